The first kappa shape index (κ1) is 23.7. The summed E-state index contributed by atoms with van der Waals surface area (Å²) in [5.74, 6) is 1.34. The molecule has 1 amide bonds. The Kier molecular flexibility index (Phi) is 5.88. The van der Waals surface area contributed by atoms with E-state index in [-0.39, 0.29) is 34.6 Å². The van der Waals surface area contributed by atoms with Crippen molar-refractivity contribution in [1.29, 1.82) is 0 Å². The minimum Gasteiger partial charge on any atom is -0.463 e. The Hall–Kier alpha value is -3.98. The molecule has 5 rings (SSSR count). The number of alkyl halides is 1. The van der Waals surface area contributed by atoms with Crippen molar-refractivity contribution in [3.63, 3.8) is 0 Å². The summed E-state index contributed by atoms with van der Waals surface area (Å²) in [7, 11) is 0. The molecule has 0 bridgehead atoms. The molecule has 1 saturated carbocycles. The van der Waals surface area contributed by atoms with Crippen LogP contribution in [0.25, 0.3) is 0 Å². The van der Waals surface area contributed by atoms with Crippen LogP contribution in [0.2, 0.25) is 0 Å². The molecule has 0 saturated heterocycles. The van der Waals surface area contributed by atoms with E-state index in [9.17, 15) is 9.18 Å². The topological polar surface area (TPSA) is 129 Å². The monoisotopic (exact) mass is 510 g/mol. The van der Waals surface area contributed by atoms with Gasteiger partial charge in [0.15, 0.2) is 18.2 Å². The lowest BCUT2D eigenvalue weighted by atomic mass is 9.84. The van der Waals surface area contributed by atoms with Gasteiger partial charge in [0.25, 0.3) is 5.91 Å². The number of aliphatic imine (C=N–C) groups is 1. The van der Waals surface area contributed by atoms with E-state index in [4.69, 9.17) is 21.3 Å². The Balaban J connectivity index is 1.45. The van der Waals surface area contributed by atoms with Crippen LogP contribution in [0.1, 0.15) is 33.9 Å². The third-order valence-electron chi connectivity index (χ3n) is 6.27. The summed E-state index contributed by atoms with van der Waals surface area (Å²) in [5.41, 5.74) is 5.40. The van der Waals surface area contributed by atoms with Crippen molar-refractivity contribution in [2.75, 3.05) is 18.6 Å². The second-order valence-electron chi connectivity index (χ2n) is 8.40. The van der Waals surface area contributed by atoms with Crippen LogP contribution in [-0.4, -0.2) is 39.3 Å². The molecule has 2 aromatic heterocycles. The van der Waals surface area contributed by atoms with E-state index in [1.165, 1.54) is 42.7 Å². The number of benzene rings is 1. The number of amides is 1. The molecule has 1 fully saturated rings. The molecule has 2 aliphatic rings. The number of nitrogens with zero attached hydrogens (tertiary/aromatic N) is 4. The highest BCUT2D eigenvalue weighted by molar-refractivity contribution is 8.14. The minimum absolute atomic E-state index is 0.00697. The van der Waals surface area contributed by atoms with Gasteiger partial charge in [-0.05, 0) is 31.5 Å². The van der Waals surface area contributed by atoms with Gasteiger partial charge in [0.1, 0.15) is 29.5 Å². The van der Waals surface area contributed by atoms with Gasteiger partial charge in [-0.3, -0.25) is 4.79 Å². The summed E-state index contributed by atoms with van der Waals surface area (Å²) in [6.45, 7) is 0.807. The normalized spacial score (nSPS) is 24.3. The van der Waals surface area contributed by atoms with Crippen molar-refractivity contribution in [2.45, 2.75) is 23.6 Å². The summed E-state index contributed by atoms with van der Waals surface area (Å²) >= 11 is 1.27. The molecule has 36 heavy (non-hydrogen) atoms. The SMILES string of the molecule is C#CCOc1cnc(C(=O)Nc2ccc(F)c([C@@]3(CF)N=C(N)S[C@@]4(c5ocnc5C)C[C@@H]34)c2)cn1. The third kappa shape index (κ3) is 3.85. The van der Waals surface area contributed by atoms with E-state index in [2.05, 4.69) is 31.2 Å². The number of halogens is 2. The predicted molar refractivity (Wildman–Crippen MR) is 129 cm³/mol. The van der Waals surface area contributed by atoms with Crippen molar-refractivity contribution < 1.29 is 22.7 Å². The van der Waals surface area contributed by atoms with E-state index in [0.717, 1.165) is 6.07 Å². The number of nitrogens with two attached hydrogens (primary N) is 1. The average Bonchev–Trinajstić information content (AvgIpc) is 3.46. The van der Waals surface area contributed by atoms with Crippen LogP contribution in [0.15, 0.2) is 46.4 Å². The van der Waals surface area contributed by atoms with E-state index >= 15 is 4.39 Å². The van der Waals surface area contributed by atoms with E-state index in [1.54, 1.807) is 6.92 Å². The molecule has 12 heteroatoms. The number of rotatable bonds is 7. The molecule has 3 N–H and O–H groups in total. The van der Waals surface area contributed by atoms with Gasteiger partial charge in [-0.2, -0.15) is 0 Å². The summed E-state index contributed by atoms with van der Waals surface area (Å²) < 4.78 is 40.1. The van der Waals surface area contributed by atoms with Crippen LogP contribution in [0.5, 0.6) is 5.88 Å². The number of anilines is 1. The number of ether oxygens (including phenoxy) is 1. The van der Waals surface area contributed by atoms with Crippen LogP contribution >= 0.6 is 11.8 Å². The molecule has 1 aliphatic carbocycles. The molecule has 3 atom stereocenters. The third-order valence-corrected chi connectivity index (χ3v) is 7.57. The van der Waals surface area contributed by atoms with E-state index in [0.29, 0.717) is 17.9 Å². The number of thioether (sulfide) groups is 1. The number of carbonyl (C=O) groups is 1. The first-order valence-electron chi connectivity index (χ1n) is 10.8. The Morgan fingerprint density at radius 2 is 2.22 bits per heavy atom. The molecule has 9 nitrogen and oxygen atoms in total. The fraction of sp³-hybridized carbons (Fsp3) is 0.292. The van der Waals surface area contributed by atoms with Crippen LogP contribution in [0.4, 0.5) is 14.5 Å². The lowest BCUT2D eigenvalue weighted by Crippen LogP contribution is -2.39. The molecule has 0 radical (unpaired) electrons. The zero-order valence-corrected chi connectivity index (χ0v) is 19.8. The average molecular weight is 511 g/mol. The quantitative estimate of drug-likeness (QED) is 0.463. The van der Waals surface area contributed by atoms with Crippen molar-refractivity contribution in [3.8, 4) is 18.2 Å². The van der Waals surface area contributed by atoms with Gasteiger partial charge in [0.05, 0.1) is 22.8 Å². The van der Waals surface area contributed by atoms with Crippen LogP contribution in [-0.2, 0) is 10.3 Å². The van der Waals surface area contributed by atoms with Gasteiger partial charge in [0.2, 0.25) is 5.88 Å². The summed E-state index contributed by atoms with van der Waals surface area (Å²) in [4.78, 5) is 29.2. The van der Waals surface area contributed by atoms with Crippen molar-refractivity contribution in [3.05, 3.63) is 65.5 Å². The molecule has 1 aliphatic heterocycles. The second kappa shape index (κ2) is 8.91. The number of terminal acetylenes is 1. The molecular weight excluding hydrogens is 490 g/mol. The minimum atomic E-state index is -1.59. The first-order chi connectivity index (χ1) is 17.3. The van der Waals surface area contributed by atoms with Gasteiger partial charge >= 0.3 is 0 Å². The number of hydrogen-bond donors (Lipinski definition) is 2. The zero-order valence-electron chi connectivity index (χ0n) is 19.0. The molecule has 0 spiro atoms. The lowest BCUT2D eigenvalue weighted by Gasteiger charge is -2.34. The number of nitrogens with one attached hydrogen (secondary N) is 1. The molecule has 1 aromatic carbocycles. The number of oxazole rings is 1. The number of carbonyl (C=O) groups excluding carboxylic acids is 1. The van der Waals surface area contributed by atoms with E-state index in [1.807, 2.05) is 0 Å². The fourth-order valence-corrected chi connectivity index (χ4v) is 6.05. The highest BCUT2D eigenvalue weighted by Crippen LogP contribution is 2.71. The number of amidine groups is 1. The van der Waals surface area contributed by atoms with Crippen molar-refractivity contribution in [2.24, 2.45) is 16.6 Å². The smallest absolute Gasteiger partial charge is 0.275 e. The number of fused-ring (bicyclic) bond motifs is 1. The number of aromatic nitrogens is 3. The Bertz CT molecular complexity index is 1410. The molecule has 184 valence electrons. The second-order valence-corrected chi connectivity index (χ2v) is 9.76. The van der Waals surface area contributed by atoms with Crippen LogP contribution in [0.3, 0.4) is 0 Å². The zero-order chi connectivity index (χ0) is 25.5. The Morgan fingerprint density at radius 3 is 2.89 bits per heavy atom. The standard InChI is InChI=1S/C24H20F2N6O3S/c1-3-6-34-19-10-28-17(9-29-19)21(33)31-14-4-5-16(26)15(7-14)23(11-25)18-8-24(18,36-22(27)32-23)20-13(2)30-12-35-20/h1,4-5,7,9-10,12,18H,6,8,11H2,2H3,(H2,27,32)(H,31,33)/t18-,23+,24-/m0/s1. The van der Waals surface area contributed by atoms with Gasteiger partial charge in [-0.25, -0.2) is 28.7 Å². The lowest BCUT2D eigenvalue weighted by molar-refractivity contribution is 0.102. The molecule has 0 unspecified atom stereocenters. The maximum Gasteiger partial charge on any atom is 0.275 e. The number of hydrogen-bond acceptors (Lipinski definition) is 9. The summed E-state index contributed by atoms with van der Waals surface area (Å²) in [5, 5.41) is 2.76. The van der Waals surface area contributed by atoms with E-state index < -0.39 is 34.6 Å². The Morgan fingerprint density at radius 1 is 1.39 bits per heavy atom. The van der Waals surface area contributed by atoms with Gasteiger partial charge in [-0.1, -0.05) is 17.7 Å². The van der Waals surface area contributed by atoms with Gasteiger partial charge < -0.3 is 20.2 Å². The van der Waals surface area contributed by atoms with Gasteiger partial charge in [-0.15, -0.1) is 6.42 Å². The largest absolute Gasteiger partial charge is 0.463 e. The Labute approximate surface area is 209 Å². The van der Waals surface area contributed by atoms with Crippen molar-refractivity contribution in [1.82, 2.24) is 15.0 Å². The molecule has 3 aromatic rings. The highest BCUT2D eigenvalue weighted by atomic mass is 32.2. The van der Waals surface area contributed by atoms with Crippen molar-refractivity contribution >= 4 is 28.5 Å². The maximum atomic E-state index is 15.2. The van der Waals surface area contributed by atoms with Crippen LogP contribution < -0.4 is 15.8 Å². The predicted octanol–water partition coefficient (Wildman–Crippen LogP) is 3.32. The number of aryl methyl sites for hydroxylation is 1. The maximum absolute atomic E-state index is 15.2. The van der Waals surface area contributed by atoms with Gasteiger partial charge in [0, 0.05) is 17.2 Å². The molecule has 3 heterocycles. The summed E-state index contributed by atoms with van der Waals surface area (Å²) in [6.07, 6.45) is 9.41. The first-order valence-corrected chi connectivity index (χ1v) is 11.6. The summed E-state index contributed by atoms with van der Waals surface area (Å²) in [6, 6.07) is 3.89. The highest BCUT2D eigenvalue weighted by Gasteiger charge is 2.71. The fourth-order valence-electron chi connectivity index (χ4n) is 4.60. The van der Waals surface area contributed by atoms with Crippen LogP contribution in [0, 0.1) is 31.0 Å². The molecular formula is C24H20F2N6O3S.